The number of carbonyl (C=O) groups excluding carboxylic acids is 1. The van der Waals surface area contributed by atoms with E-state index in [-0.39, 0.29) is 17.5 Å². The molecule has 0 aliphatic carbocycles. The van der Waals surface area contributed by atoms with Gasteiger partial charge in [-0.05, 0) is 42.5 Å². The maximum atomic E-state index is 13.4. The minimum Gasteiger partial charge on any atom is -0.322 e. The molecule has 0 fully saturated rings. The summed E-state index contributed by atoms with van der Waals surface area (Å²) in [7, 11) is 1.82. The van der Waals surface area contributed by atoms with Crippen molar-refractivity contribution >= 4 is 23.4 Å². The van der Waals surface area contributed by atoms with E-state index in [1.165, 1.54) is 28.6 Å². The molecule has 3 aromatic rings. The van der Waals surface area contributed by atoms with Crippen LogP contribution in [0.2, 0.25) is 0 Å². The number of tetrazole rings is 1. The first-order valence-electron chi connectivity index (χ1n) is 7.43. The molecule has 0 radical (unpaired) electrons. The van der Waals surface area contributed by atoms with Crippen LogP contribution >= 0.6 is 11.8 Å². The number of nitrogens with zero attached hydrogens (tertiary/aromatic N) is 6. The van der Waals surface area contributed by atoms with E-state index in [0.717, 1.165) is 11.4 Å². The molecule has 2 aromatic heterocycles. The number of rotatable bonds is 5. The molecule has 8 nitrogen and oxygen atoms in total. The lowest BCUT2D eigenvalue weighted by molar-refractivity contribution is -0.113. The zero-order valence-corrected chi connectivity index (χ0v) is 14.7. The summed E-state index contributed by atoms with van der Waals surface area (Å²) < 4.78 is 16.5. The van der Waals surface area contributed by atoms with Gasteiger partial charge >= 0.3 is 0 Å². The van der Waals surface area contributed by atoms with Crippen LogP contribution in [0.15, 0.2) is 29.4 Å². The Morgan fingerprint density at radius 2 is 2.16 bits per heavy atom. The van der Waals surface area contributed by atoms with Gasteiger partial charge in [-0.15, -0.1) is 5.10 Å². The molecule has 0 bridgehead atoms. The van der Waals surface area contributed by atoms with Crippen LogP contribution in [0.4, 0.5) is 10.1 Å². The van der Waals surface area contributed by atoms with Crippen molar-refractivity contribution < 1.29 is 9.18 Å². The van der Waals surface area contributed by atoms with E-state index in [1.807, 2.05) is 20.9 Å². The normalized spacial score (nSPS) is 10.9. The van der Waals surface area contributed by atoms with Crippen molar-refractivity contribution in [2.45, 2.75) is 19.0 Å². The number of halogens is 1. The predicted molar refractivity (Wildman–Crippen MR) is 91.1 cm³/mol. The highest BCUT2D eigenvalue weighted by atomic mass is 32.2. The molecule has 2 heterocycles. The smallest absolute Gasteiger partial charge is 0.234 e. The van der Waals surface area contributed by atoms with Gasteiger partial charge in [0.15, 0.2) is 0 Å². The molecular weight excluding hydrogens is 345 g/mol. The molecule has 0 saturated carbocycles. The topological polar surface area (TPSA) is 90.5 Å². The number of amides is 1. The Balaban J connectivity index is 1.68. The van der Waals surface area contributed by atoms with Gasteiger partial charge in [-0.2, -0.15) is 9.78 Å². The van der Waals surface area contributed by atoms with Crippen LogP contribution in [0, 0.1) is 19.7 Å². The van der Waals surface area contributed by atoms with E-state index in [9.17, 15) is 9.18 Å². The zero-order chi connectivity index (χ0) is 18.0. The Bertz CT molecular complexity index is 920. The van der Waals surface area contributed by atoms with Crippen LogP contribution in [0.3, 0.4) is 0 Å². The van der Waals surface area contributed by atoms with E-state index in [0.29, 0.717) is 16.5 Å². The summed E-state index contributed by atoms with van der Waals surface area (Å²) in [4.78, 5) is 12.2. The second-order valence-electron chi connectivity index (χ2n) is 5.36. The number of benzene rings is 1. The molecule has 0 aliphatic rings. The lowest BCUT2D eigenvalue weighted by atomic mass is 10.3. The van der Waals surface area contributed by atoms with Gasteiger partial charge < -0.3 is 5.32 Å². The van der Waals surface area contributed by atoms with E-state index in [4.69, 9.17) is 0 Å². The minimum atomic E-state index is -0.385. The fourth-order valence-corrected chi connectivity index (χ4v) is 2.99. The van der Waals surface area contributed by atoms with Crippen LogP contribution < -0.4 is 5.32 Å². The Morgan fingerprint density at radius 3 is 2.84 bits per heavy atom. The van der Waals surface area contributed by atoms with Crippen LogP contribution in [-0.4, -0.2) is 41.6 Å². The molecule has 0 saturated heterocycles. The van der Waals surface area contributed by atoms with Gasteiger partial charge in [0.1, 0.15) is 5.82 Å². The first-order chi connectivity index (χ1) is 12.0. The maximum Gasteiger partial charge on any atom is 0.234 e. The average Bonchev–Trinajstić information content (AvgIpc) is 3.13. The van der Waals surface area contributed by atoms with Crippen molar-refractivity contribution in [3.05, 3.63) is 41.5 Å². The van der Waals surface area contributed by atoms with Gasteiger partial charge in [-0.25, -0.2) is 4.39 Å². The Hall–Kier alpha value is -2.75. The molecule has 1 N–H and O–H groups in total. The van der Waals surface area contributed by atoms with Crippen molar-refractivity contribution in [1.29, 1.82) is 0 Å². The molecular formula is C15H16FN7OS. The number of nitrogens with one attached hydrogen (secondary N) is 1. The number of aryl methyl sites for hydroxylation is 2. The lowest BCUT2D eigenvalue weighted by Gasteiger charge is -2.06. The lowest BCUT2D eigenvalue weighted by Crippen LogP contribution is -2.15. The van der Waals surface area contributed by atoms with Crippen LogP contribution in [0.25, 0.3) is 5.69 Å². The summed E-state index contributed by atoms with van der Waals surface area (Å²) in [6.45, 7) is 3.72. The van der Waals surface area contributed by atoms with E-state index in [1.54, 1.807) is 16.8 Å². The Labute approximate surface area is 147 Å². The molecule has 0 atom stereocenters. The van der Waals surface area contributed by atoms with Crippen molar-refractivity contribution in [1.82, 2.24) is 30.0 Å². The van der Waals surface area contributed by atoms with Crippen molar-refractivity contribution in [3.8, 4) is 5.69 Å². The molecule has 0 aliphatic heterocycles. The molecule has 0 unspecified atom stereocenters. The molecule has 1 amide bonds. The SMILES string of the molecule is Cc1nn(C)c(C)c1NC(=O)CSc1nnnn1-c1cccc(F)c1. The second kappa shape index (κ2) is 7.01. The Kier molecular flexibility index (Phi) is 4.79. The number of carbonyl (C=O) groups is 1. The molecule has 130 valence electrons. The maximum absolute atomic E-state index is 13.4. The third-order valence-electron chi connectivity index (χ3n) is 3.60. The van der Waals surface area contributed by atoms with Gasteiger partial charge in [0.05, 0.1) is 28.5 Å². The standard InChI is InChI=1S/C15H16FN7OS/c1-9-14(10(2)22(3)19-9)17-13(24)8-25-15-18-20-21-23(15)12-6-4-5-11(16)7-12/h4-7H,8H2,1-3H3,(H,17,24). The highest BCUT2D eigenvalue weighted by Gasteiger charge is 2.15. The number of thioether (sulfide) groups is 1. The minimum absolute atomic E-state index is 0.115. The molecule has 10 heteroatoms. The number of aromatic nitrogens is 6. The third kappa shape index (κ3) is 3.68. The third-order valence-corrected chi connectivity index (χ3v) is 4.52. The molecule has 0 spiro atoms. The predicted octanol–water partition coefficient (Wildman–Crippen LogP) is 1.88. The summed E-state index contributed by atoms with van der Waals surface area (Å²) in [6, 6.07) is 5.92. The molecule has 3 rings (SSSR count). The van der Waals surface area contributed by atoms with Crippen LogP contribution in [0.1, 0.15) is 11.4 Å². The van der Waals surface area contributed by atoms with E-state index < -0.39 is 0 Å². The summed E-state index contributed by atoms with van der Waals surface area (Å²) in [6.07, 6.45) is 0. The van der Waals surface area contributed by atoms with Gasteiger partial charge in [0.2, 0.25) is 11.1 Å². The van der Waals surface area contributed by atoms with Crippen molar-refractivity contribution in [2.75, 3.05) is 11.1 Å². The van der Waals surface area contributed by atoms with E-state index in [2.05, 4.69) is 25.9 Å². The molecule has 1 aromatic carbocycles. The fourth-order valence-electron chi connectivity index (χ4n) is 2.30. The number of hydrogen-bond acceptors (Lipinski definition) is 6. The summed E-state index contributed by atoms with van der Waals surface area (Å²) in [5.41, 5.74) is 2.83. The van der Waals surface area contributed by atoms with Crippen LogP contribution in [0.5, 0.6) is 0 Å². The van der Waals surface area contributed by atoms with Gasteiger partial charge in [-0.1, -0.05) is 17.8 Å². The highest BCUT2D eigenvalue weighted by Crippen LogP contribution is 2.21. The number of hydrogen-bond donors (Lipinski definition) is 1. The first kappa shape index (κ1) is 17.1. The van der Waals surface area contributed by atoms with Gasteiger partial charge in [0, 0.05) is 7.05 Å². The summed E-state index contributed by atoms with van der Waals surface area (Å²) in [5, 5.41) is 18.8. The summed E-state index contributed by atoms with van der Waals surface area (Å²) in [5.74, 6) is -0.467. The van der Waals surface area contributed by atoms with Gasteiger partial charge in [0.25, 0.3) is 0 Å². The quantitative estimate of drug-likeness (QED) is 0.698. The highest BCUT2D eigenvalue weighted by molar-refractivity contribution is 7.99. The van der Waals surface area contributed by atoms with Gasteiger partial charge in [-0.3, -0.25) is 9.48 Å². The summed E-state index contributed by atoms with van der Waals surface area (Å²) >= 11 is 1.17. The molecule has 25 heavy (non-hydrogen) atoms. The van der Waals surface area contributed by atoms with E-state index >= 15 is 0 Å². The zero-order valence-electron chi connectivity index (χ0n) is 13.9. The monoisotopic (exact) mass is 361 g/mol. The number of anilines is 1. The first-order valence-corrected chi connectivity index (χ1v) is 8.41. The second-order valence-corrected chi connectivity index (χ2v) is 6.30. The van der Waals surface area contributed by atoms with Crippen molar-refractivity contribution in [2.24, 2.45) is 7.05 Å². The largest absolute Gasteiger partial charge is 0.322 e. The fraction of sp³-hybridized carbons (Fsp3) is 0.267. The Morgan fingerprint density at radius 1 is 1.36 bits per heavy atom. The average molecular weight is 361 g/mol. The van der Waals surface area contributed by atoms with Crippen molar-refractivity contribution in [3.63, 3.8) is 0 Å². The van der Waals surface area contributed by atoms with Crippen LogP contribution in [-0.2, 0) is 11.8 Å².